The molecule has 2 N–H and O–H groups in total. The molecule has 1 aromatic carbocycles. The summed E-state index contributed by atoms with van der Waals surface area (Å²) in [5.41, 5.74) is 1.51. The Morgan fingerprint density at radius 1 is 1.15 bits per heavy atom. The lowest BCUT2D eigenvalue weighted by atomic mass is 9.87. The van der Waals surface area contributed by atoms with Crippen molar-refractivity contribution in [3.63, 3.8) is 0 Å². The number of carbonyl (C=O) groups is 2. The number of hydrogen-bond donors (Lipinski definition) is 2. The molecule has 0 aromatic heterocycles. The van der Waals surface area contributed by atoms with Crippen molar-refractivity contribution in [1.29, 1.82) is 0 Å². The average Bonchev–Trinajstić information content (AvgIpc) is 2.80. The topological polar surface area (TPSA) is 93.5 Å². The van der Waals surface area contributed by atoms with Crippen molar-refractivity contribution >= 4 is 11.8 Å². The Kier molecular flexibility index (Phi) is 6.02. The summed E-state index contributed by atoms with van der Waals surface area (Å²) in [6.45, 7) is 3.24. The van der Waals surface area contributed by atoms with Crippen molar-refractivity contribution in [2.24, 2.45) is 5.92 Å². The van der Waals surface area contributed by atoms with E-state index in [0.29, 0.717) is 11.3 Å². The minimum atomic E-state index is -1.53. The standard InChI is InChI=1S/C24H28FN3O5/c1-13-5-10-18(17(25)11-13)28-21-19(20(29)14(2)22(30)26(21)3)23(31)27(24(28)32)12-15-6-8-16(33-4)9-7-15/h5-11,17-19,21,24,29,32H,12H2,1-4H3. The lowest BCUT2D eigenvalue weighted by Crippen LogP contribution is -2.73. The molecule has 2 heterocycles. The minimum absolute atomic E-state index is 0.0238. The highest BCUT2D eigenvalue weighted by Gasteiger charge is 2.56. The molecule has 5 atom stereocenters. The summed E-state index contributed by atoms with van der Waals surface area (Å²) in [5, 5.41) is 22.2. The number of ether oxygens (including phenoxy) is 1. The number of fused-ring (bicyclic) bond motifs is 1. The number of hydrogen-bond acceptors (Lipinski definition) is 6. The molecule has 33 heavy (non-hydrogen) atoms. The second kappa shape index (κ2) is 8.64. The fourth-order valence-electron chi connectivity index (χ4n) is 4.74. The summed E-state index contributed by atoms with van der Waals surface area (Å²) in [7, 11) is 3.04. The van der Waals surface area contributed by atoms with Gasteiger partial charge in [0.2, 0.25) is 5.91 Å². The first-order valence-corrected chi connectivity index (χ1v) is 10.7. The largest absolute Gasteiger partial charge is 0.511 e. The van der Waals surface area contributed by atoms with Crippen molar-refractivity contribution in [2.75, 3.05) is 14.2 Å². The maximum absolute atomic E-state index is 15.2. The first kappa shape index (κ1) is 23.0. The van der Waals surface area contributed by atoms with Gasteiger partial charge >= 0.3 is 0 Å². The number of allylic oxidation sites excluding steroid dienone is 2. The second-order valence-electron chi connectivity index (χ2n) is 8.63. The zero-order chi connectivity index (χ0) is 24.0. The van der Waals surface area contributed by atoms with Gasteiger partial charge in [-0.25, -0.2) is 9.29 Å². The average molecular weight is 458 g/mol. The van der Waals surface area contributed by atoms with E-state index >= 15 is 4.39 Å². The molecule has 2 amide bonds. The van der Waals surface area contributed by atoms with Gasteiger partial charge in [-0.3, -0.25) is 14.5 Å². The van der Waals surface area contributed by atoms with Crippen LogP contribution in [-0.4, -0.2) is 75.6 Å². The number of aliphatic hydroxyl groups excluding tert-OH is 2. The van der Waals surface area contributed by atoms with E-state index in [9.17, 15) is 19.8 Å². The number of halogens is 1. The Balaban J connectivity index is 1.77. The highest BCUT2D eigenvalue weighted by atomic mass is 19.1. The predicted molar refractivity (Wildman–Crippen MR) is 118 cm³/mol. The van der Waals surface area contributed by atoms with E-state index in [2.05, 4.69) is 0 Å². The molecule has 2 aliphatic heterocycles. The van der Waals surface area contributed by atoms with Gasteiger partial charge in [-0.05, 0) is 37.6 Å². The quantitative estimate of drug-likeness (QED) is 0.719. The maximum Gasteiger partial charge on any atom is 0.253 e. The number of amides is 2. The fourth-order valence-corrected chi connectivity index (χ4v) is 4.74. The Morgan fingerprint density at radius 3 is 2.42 bits per heavy atom. The van der Waals surface area contributed by atoms with Crippen LogP contribution in [0, 0.1) is 5.92 Å². The van der Waals surface area contributed by atoms with Crippen LogP contribution in [0.4, 0.5) is 4.39 Å². The number of alkyl halides is 1. The molecule has 1 aromatic rings. The number of methoxy groups -OCH3 is 1. The molecule has 1 saturated heterocycles. The van der Waals surface area contributed by atoms with Crippen molar-refractivity contribution in [1.82, 2.24) is 14.7 Å². The van der Waals surface area contributed by atoms with Crippen LogP contribution in [0.3, 0.4) is 0 Å². The van der Waals surface area contributed by atoms with Gasteiger partial charge in [-0.2, -0.15) is 0 Å². The summed E-state index contributed by atoms with van der Waals surface area (Å²) in [5.74, 6) is -1.89. The monoisotopic (exact) mass is 457 g/mol. The number of rotatable bonds is 4. The van der Waals surface area contributed by atoms with Crippen molar-refractivity contribution in [2.45, 2.75) is 45.1 Å². The van der Waals surface area contributed by atoms with Crippen molar-refractivity contribution in [3.8, 4) is 5.75 Å². The number of benzene rings is 1. The molecule has 0 bridgehead atoms. The van der Waals surface area contributed by atoms with Gasteiger partial charge in [0, 0.05) is 13.6 Å². The molecular formula is C24H28FN3O5. The lowest BCUT2D eigenvalue weighted by Gasteiger charge is -2.55. The molecule has 0 radical (unpaired) electrons. The third-order valence-electron chi connectivity index (χ3n) is 6.58. The summed E-state index contributed by atoms with van der Waals surface area (Å²) in [4.78, 5) is 30.1. The fraction of sp³-hybridized carbons (Fsp3) is 0.417. The lowest BCUT2D eigenvalue weighted by molar-refractivity contribution is -0.221. The van der Waals surface area contributed by atoms with Crippen LogP contribution in [0.25, 0.3) is 0 Å². The van der Waals surface area contributed by atoms with Crippen molar-refractivity contribution in [3.05, 3.63) is 65.0 Å². The van der Waals surface area contributed by atoms with Gasteiger partial charge in [-0.1, -0.05) is 29.9 Å². The van der Waals surface area contributed by atoms with E-state index < -0.39 is 42.5 Å². The van der Waals surface area contributed by atoms with Gasteiger partial charge in [0.15, 0.2) is 6.35 Å². The smallest absolute Gasteiger partial charge is 0.253 e. The number of aliphatic hydroxyl groups is 2. The second-order valence-corrected chi connectivity index (χ2v) is 8.63. The highest BCUT2D eigenvalue weighted by Crippen LogP contribution is 2.39. The van der Waals surface area contributed by atoms with Gasteiger partial charge in [0.25, 0.3) is 5.91 Å². The molecule has 3 aliphatic rings. The molecule has 4 rings (SSSR count). The maximum atomic E-state index is 15.2. The van der Waals surface area contributed by atoms with Gasteiger partial charge in [0.1, 0.15) is 29.8 Å². The van der Waals surface area contributed by atoms with Crippen LogP contribution in [0.15, 0.2) is 59.4 Å². The number of likely N-dealkylation sites (N-methyl/N-ethyl adjacent to an activating group) is 1. The number of nitrogens with zero attached hydrogens (tertiary/aromatic N) is 3. The van der Waals surface area contributed by atoms with Gasteiger partial charge in [-0.15, -0.1) is 0 Å². The summed E-state index contributed by atoms with van der Waals surface area (Å²) < 4.78 is 20.3. The van der Waals surface area contributed by atoms with Gasteiger partial charge < -0.3 is 19.8 Å². The Hall–Kier alpha value is -3.17. The number of carbonyl (C=O) groups excluding carboxylic acids is 2. The van der Waals surface area contributed by atoms with Crippen LogP contribution in [-0.2, 0) is 16.1 Å². The molecule has 176 valence electrons. The third-order valence-corrected chi connectivity index (χ3v) is 6.58. The molecule has 8 nitrogen and oxygen atoms in total. The van der Waals surface area contributed by atoms with E-state index in [1.54, 1.807) is 50.5 Å². The summed E-state index contributed by atoms with van der Waals surface area (Å²) >= 11 is 0. The van der Waals surface area contributed by atoms with Crippen LogP contribution in [0.1, 0.15) is 19.4 Å². The summed E-state index contributed by atoms with van der Waals surface area (Å²) in [6, 6.07) is 6.05. The molecule has 0 saturated carbocycles. The SMILES string of the molecule is COc1ccc(CN2C(=O)C3C(O)=C(C)C(=O)N(C)C3N(C3C=CC(C)=CC3F)C2O)cc1. The van der Waals surface area contributed by atoms with E-state index in [1.165, 1.54) is 34.7 Å². The Labute approximate surface area is 191 Å². The Bertz CT molecular complexity index is 1050. The Morgan fingerprint density at radius 2 is 1.82 bits per heavy atom. The molecular weight excluding hydrogens is 429 g/mol. The van der Waals surface area contributed by atoms with E-state index in [1.807, 2.05) is 0 Å². The van der Waals surface area contributed by atoms with Crippen LogP contribution >= 0.6 is 0 Å². The third kappa shape index (κ3) is 3.81. The van der Waals surface area contributed by atoms with Crippen LogP contribution in [0.2, 0.25) is 0 Å². The zero-order valence-electron chi connectivity index (χ0n) is 19.0. The molecule has 0 spiro atoms. The first-order valence-electron chi connectivity index (χ1n) is 10.7. The van der Waals surface area contributed by atoms with Crippen LogP contribution in [0.5, 0.6) is 5.75 Å². The van der Waals surface area contributed by atoms with E-state index in [-0.39, 0.29) is 17.9 Å². The summed E-state index contributed by atoms with van der Waals surface area (Å²) in [6.07, 6.45) is 0.736. The van der Waals surface area contributed by atoms with E-state index in [0.717, 1.165) is 5.57 Å². The van der Waals surface area contributed by atoms with Gasteiger partial charge in [0.05, 0.1) is 18.7 Å². The minimum Gasteiger partial charge on any atom is -0.511 e. The molecule has 1 aliphatic carbocycles. The molecule has 1 fully saturated rings. The first-order chi connectivity index (χ1) is 15.6. The molecule has 5 unspecified atom stereocenters. The normalized spacial score (nSPS) is 30.5. The highest BCUT2D eigenvalue weighted by molar-refractivity contribution is 5.97. The predicted octanol–water partition coefficient (Wildman–Crippen LogP) is 2.08. The van der Waals surface area contributed by atoms with Crippen molar-refractivity contribution < 1.29 is 28.9 Å². The zero-order valence-corrected chi connectivity index (χ0v) is 19.0. The molecule has 9 heteroatoms. The van der Waals surface area contributed by atoms with E-state index in [4.69, 9.17) is 4.74 Å². The van der Waals surface area contributed by atoms with Crippen LogP contribution < -0.4 is 4.74 Å².